The smallest absolute Gasteiger partial charge is 0.0868 e. The van der Waals surface area contributed by atoms with Crippen LogP contribution in [0.15, 0.2) is 0 Å². The Hall–Kier alpha value is -0.0800. The van der Waals surface area contributed by atoms with Gasteiger partial charge >= 0.3 is 0 Å². The van der Waals surface area contributed by atoms with Gasteiger partial charge in [-0.2, -0.15) is 0 Å². The third-order valence-corrected chi connectivity index (χ3v) is 1.43. The van der Waals surface area contributed by atoms with Gasteiger partial charge in [0.1, 0.15) is 0 Å². The maximum Gasteiger partial charge on any atom is 0.0868 e. The largest absolute Gasteiger partial charge is 0.299 e. The summed E-state index contributed by atoms with van der Waals surface area (Å²) in [7, 11) is 0. The lowest BCUT2D eigenvalue weighted by Gasteiger charge is -2.05. The zero-order chi connectivity index (χ0) is 5.82. The molecule has 0 amide bonds. The lowest BCUT2D eigenvalue weighted by Crippen LogP contribution is -2.25. The average Bonchev–Trinajstić information content (AvgIpc) is 1.94. The van der Waals surface area contributed by atoms with E-state index in [2.05, 4.69) is 17.6 Å². The minimum absolute atomic E-state index is 0.657. The molecule has 1 saturated heterocycles. The molecule has 0 spiro atoms. The molecule has 0 aromatic heterocycles. The second-order valence-electron chi connectivity index (χ2n) is 2.31. The van der Waals surface area contributed by atoms with E-state index >= 15 is 0 Å². The SMILES string of the molecule is CC1CCCN[CH]N1. The summed E-state index contributed by atoms with van der Waals surface area (Å²) in [6.07, 6.45) is 2.56. The van der Waals surface area contributed by atoms with Crippen LogP contribution in [0.5, 0.6) is 0 Å². The van der Waals surface area contributed by atoms with Crippen molar-refractivity contribution in [2.24, 2.45) is 0 Å². The molecule has 1 aliphatic heterocycles. The van der Waals surface area contributed by atoms with E-state index in [0.717, 1.165) is 6.54 Å². The lowest BCUT2D eigenvalue weighted by molar-refractivity contribution is 0.580. The Balaban J connectivity index is 2.17. The first-order valence-electron chi connectivity index (χ1n) is 3.21. The van der Waals surface area contributed by atoms with Gasteiger partial charge in [-0.25, -0.2) is 0 Å². The molecule has 0 aromatic carbocycles. The van der Waals surface area contributed by atoms with E-state index in [1.807, 2.05) is 6.67 Å². The number of rotatable bonds is 0. The van der Waals surface area contributed by atoms with Crippen LogP contribution in [0.2, 0.25) is 0 Å². The molecule has 47 valence electrons. The van der Waals surface area contributed by atoms with Crippen LogP contribution in [0.1, 0.15) is 19.8 Å². The molecule has 1 fully saturated rings. The average molecular weight is 113 g/mol. The normalized spacial score (nSPS) is 31.9. The van der Waals surface area contributed by atoms with Crippen LogP contribution >= 0.6 is 0 Å². The van der Waals surface area contributed by atoms with Crippen LogP contribution in [0.4, 0.5) is 0 Å². The van der Waals surface area contributed by atoms with Gasteiger partial charge in [0.25, 0.3) is 0 Å². The number of hydrogen-bond donors (Lipinski definition) is 2. The van der Waals surface area contributed by atoms with Crippen molar-refractivity contribution >= 4 is 0 Å². The summed E-state index contributed by atoms with van der Waals surface area (Å²) < 4.78 is 0. The highest BCUT2D eigenvalue weighted by Crippen LogP contribution is 1.97. The fraction of sp³-hybridized carbons (Fsp3) is 0.833. The van der Waals surface area contributed by atoms with Crippen molar-refractivity contribution in [2.45, 2.75) is 25.8 Å². The zero-order valence-electron chi connectivity index (χ0n) is 5.28. The van der Waals surface area contributed by atoms with Gasteiger partial charge in [-0.3, -0.25) is 10.6 Å². The Labute approximate surface area is 50.7 Å². The van der Waals surface area contributed by atoms with Gasteiger partial charge in [-0.1, -0.05) is 0 Å². The summed E-state index contributed by atoms with van der Waals surface area (Å²) in [4.78, 5) is 0. The molecule has 2 nitrogen and oxygen atoms in total. The molecule has 1 atom stereocenters. The first-order chi connectivity index (χ1) is 3.89. The minimum atomic E-state index is 0.657. The van der Waals surface area contributed by atoms with Crippen LogP contribution in [-0.4, -0.2) is 12.6 Å². The monoisotopic (exact) mass is 113 g/mol. The Bertz CT molecular complexity index is 55.5. The molecule has 2 heteroatoms. The van der Waals surface area contributed by atoms with Gasteiger partial charge in [0, 0.05) is 6.04 Å². The summed E-state index contributed by atoms with van der Waals surface area (Å²) in [6.45, 7) is 5.26. The van der Waals surface area contributed by atoms with Crippen molar-refractivity contribution < 1.29 is 0 Å². The Morgan fingerprint density at radius 1 is 1.62 bits per heavy atom. The summed E-state index contributed by atoms with van der Waals surface area (Å²) >= 11 is 0. The summed E-state index contributed by atoms with van der Waals surface area (Å²) in [5.41, 5.74) is 0. The Kier molecular flexibility index (Phi) is 2.30. The number of nitrogens with one attached hydrogen (secondary N) is 2. The molecule has 1 aliphatic rings. The van der Waals surface area contributed by atoms with Gasteiger partial charge < -0.3 is 0 Å². The summed E-state index contributed by atoms with van der Waals surface area (Å²) in [5, 5.41) is 6.35. The molecule has 1 heterocycles. The molecule has 1 radical (unpaired) electrons. The molecule has 0 aromatic rings. The van der Waals surface area contributed by atoms with Crippen LogP contribution in [-0.2, 0) is 0 Å². The minimum Gasteiger partial charge on any atom is -0.299 e. The maximum atomic E-state index is 3.21. The van der Waals surface area contributed by atoms with Crippen LogP contribution < -0.4 is 10.6 Å². The zero-order valence-corrected chi connectivity index (χ0v) is 5.28. The van der Waals surface area contributed by atoms with E-state index in [9.17, 15) is 0 Å². The topological polar surface area (TPSA) is 24.1 Å². The quantitative estimate of drug-likeness (QED) is 0.477. The first-order valence-corrected chi connectivity index (χ1v) is 3.21. The molecule has 2 N–H and O–H groups in total. The van der Waals surface area contributed by atoms with Crippen molar-refractivity contribution in [2.75, 3.05) is 6.54 Å². The molecule has 0 saturated carbocycles. The molecular formula is C6H13N2. The van der Waals surface area contributed by atoms with Crippen molar-refractivity contribution in [3.8, 4) is 0 Å². The van der Waals surface area contributed by atoms with Gasteiger partial charge in [-0.15, -0.1) is 0 Å². The van der Waals surface area contributed by atoms with Gasteiger partial charge in [0.2, 0.25) is 0 Å². The highest BCUT2D eigenvalue weighted by Gasteiger charge is 2.03. The van der Waals surface area contributed by atoms with Crippen molar-refractivity contribution in [1.82, 2.24) is 10.6 Å². The standard InChI is InChI=1S/C6H13N2/c1-6-3-2-4-7-5-8-6/h5-8H,2-4H2,1H3. The van der Waals surface area contributed by atoms with Gasteiger partial charge in [0.05, 0.1) is 6.67 Å². The van der Waals surface area contributed by atoms with E-state index in [1.54, 1.807) is 0 Å². The summed E-state index contributed by atoms with van der Waals surface area (Å²) in [5.74, 6) is 0. The third kappa shape index (κ3) is 1.80. The van der Waals surface area contributed by atoms with Crippen molar-refractivity contribution in [1.29, 1.82) is 0 Å². The van der Waals surface area contributed by atoms with Crippen LogP contribution in [0.25, 0.3) is 0 Å². The second-order valence-corrected chi connectivity index (χ2v) is 2.31. The Morgan fingerprint density at radius 3 is 3.38 bits per heavy atom. The first kappa shape index (κ1) is 6.05. The van der Waals surface area contributed by atoms with Crippen LogP contribution in [0, 0.1) is 6.67 Å². The van der Waals surface area contributed by atoms with E-state index < -0.39 is 0 Å². The van der Waals surface area contributed by atoms with Crippen molar-refractivity contribution in [3.63, 3.8) is 0 Å². The third-order valence-electron chi connectivity index (χ3n) is 1.43. The molecule has 0 bridgehead atoms. The van der Waals surface area contributed by atoms with E-state index in [0.29, 0.717) is 6.04 Å². The molecule has 8 heavy (non-hydrogen) atoms. The second kappa shape index (κ2) is 3.05. The van der Waals surface area contributed by atoms with E-state index in [-0.39, 0.29) is 0 Å². The lowest BCUT2D eigenvalue weighted by atomic mass is 10.2. The molecular weight excluding hydrogens is 100 g/mol. The predicted octanol–water partition coefficient (Wildman–Crippen LogP) is 0.467. The van der Waals surface area contributed by atoms with E-state index in [1.165, 1.54) is 12.8 Å². The van der Waals surface area contributed by atoms with Crippen molar-refractivity contribution in [3.05, 3.63) is 6.67 Å². The van der Waals surface area contributed by atoms with Crippen LogP contribution in [0.3, 0.4) is 0 Å². The van der Waals surface area contributed by atoms with Gasteiger partial charge in [-0.05, 0) is 26.3 Å². The fourth-order valence-corrected chi connectivity index (χ4v) is 0.867. The highest BCUT2D eigenvalue weighted by molar-refractivity contribution is 4.71. The predicted molar refractivity (Wildman–Crippen MR) is 34.1 cm³/mol. The Morgan fingerprint density at radius 2 is 2.50 bits per heavy atom. The molecule has 1 rings (SSSR count). The van der Waals surface area contributed by atoms with Gasteiger partial charge in [0.15, 0.2) is 0 Å². The molecule has 0 aliphatic carbocycles. The summed E-state index contributed by atoms with van der Waals surface area (Å²) in [6, 6.07) is 0.657. The fourth-order valence-electron chi connectivity index (χ4n) is 0.867. The maximum absolute atomic E-state index is 3.21. The number of hydrogen-bond acceptors (Lipinski definition) is 2. The molecule has 1 unspecified atom stereocenters. The van der Waals surface area contributed by atoms with E-state index in [4.69, 9.17) is 0 Å². The highest BCUT2D eigenvalue weighted by atomic mass is 15.1.